The molecule has 0 saturated carbocycles. The highest BCUT2D eigenvalue weighted by atomic mass is 35.5. The predicted molar refractivity (Wildman–Crippen MR) is 87.4 cm³/mol. The fourth-order valence-corrected chi connectivity index (χ4v) is 2.11. The van der Waals surface area contributed by atoms with Crippen molar-refractivity contribution in [3.05, 3.63) is 64.5 Å². The van der Waals surface area contributed by atoms with Crippen molar-refractivity contribution in [3.63, 3.8) is 0 Å². The van der Waals surface area contributed by atoms with Crippen LogP contribution in [0.4, 0.5) is 4.39 Å². The van der Waals surface area contributed by atoms with Gasteiger partial charge >= 0.3 is 0 Å². The Labute approximate surface area is 129 Å². The first kappa shape index (κ1) is 15.7. The molecule has 1 radical (unpaired) electrons. The van der Waals surface area contributed by atoms with E-state index in [4.69, 9.17) is 11.6 Å². The average molecular weight is 304 g/mol. The van der Waals surface area contributed by atoms with Gasteiger partial charge in [0.1, 0.15) is 0 Å². The van der Waals surface area contributed by atoms with Crippen LogP contribution in [0, 0.1) is 6.17 Å². The zero-order chi connectivity index (χ0) is 15.2. The summed E-state index contributed by atoms with van der Waals surface area (Å²) >= 11 is 6.26. The molecular formula is C17H17ClFN2. The molecule has 1 aromatic carbocycles. The van der Waals surface area contributed by atoms with E-state index in [0.29, 0.717) is 11.6 Å². The van der Waals surface area contributed by atoms with Crippen molar-refractivity contribution in [1.82, 2.24) is 4.90 Å². The van der Waals surface area contributed by atoms with Crippen LogP contribution >= 0.6 is 11.6 Å². The molecule has 0 unspecified atom stereocenters. The molecule has 0 aromatic heterocycles. The maximum atomic E-state index is 13.0. The Morgan fingerprint density at radius 1 is 1.33 bits per heavy atom. The van der Waals surface area contributed by atoms with Gasteiger partial charge in [0.25, 0.3) is 0 Å². The standard InChI is InChI=1S/C17H17ClFN2/c1-21(2)11-10-20-12-16-15(4-3-5-17(16)18)13-6-8-14(19)9-7-13/h3-6,8-9,12H,10-11H2,1-2H3. The van der Waals surface area contributed by atoms with Crippen LogP contribution in [0.25, 0.3) is 5.57 Å². The number of hydrogen-bond donors (Lipinski definition) is 0. The van der Waals surface area contributed by atoms with Crippen LogP contribution in [0.15, 0.2) is 47.2 Å². The minimum Gasteiger partial charge on any atom is -0.308 e. The van der Waals surface area contributed by atoms with E-state index in [0.717, 1.165) is 23.2 Å². The molecule has 0 atom stereocenters. The molecule has 0 fully saturated rings. The largest absolute Gasteiger partial charge is 0.308 e. The number of rotatable bonds is 5. The molecule has 0 saturated heterocycles. The van der Waals surface area contributed by atoms with Crippen LogP contribution < -0.4 is 0 Å². The van der Waals surface area contributed by atoms with Gasteiger partial charge in [-0.3, -0.25) is 4.99 Å². The third-order valence-corrected chi connectivity index (χ3v) is 3.34. The fraction of sp³-hybridized carbons (Fsp3) is 0.235. The zero-order valence-electron chi connectivity index (χ0n) is 12.1. The van der Waals surface area contributed by atoms with E-state index in [-0.39, 0.29) is 6.17 Å². The molecular weight excluding hydrogens is 287 g/mol. The quantitative estimate of drug-likeness (QED) is 0.594. The Hall–Kier alpha value is -1.67. The van der Waals surface area contributed by atoms with Gasteiger partial charge in [-0.2, -0.15) is 0 Å². The lowest BCUT2D eigenvalue weighted by molar-refractivity contribution is 0.421. The van der Waals surface area contributed by atoms with Gasteiger partial charge in [-0.15, -0.1) is 5.73 Å². The predicted octanol–water partition coefficient (Wildman–Crippen LogP) is 3.93. The molecule has 21 heavy (non-hydrogen) atoms. The second kappa shape index (κ2) is 7.37. The summed E-state index contributed by atoms with van der Waals surface area (Å²) < 4.78 is 13.0. The normalized spacial score (nSPS) is 15.2. The van der Waals surface area contributed by atoms with Crippen molar-refractivity contribution in [1.29, 1.82) is 0 Å². The monoisotopic (exact) mass is 303 g/mol. The highest BCUT2D eigenvalue weighted by Crippen LogP contribution is 2.27. The molecule has 0 N–H and O–H groups in total. The molecule has 0 aliphatic heterocycles. The lowest BCUT2D eigenvalue weighted by Gasteiger charge is -2.10. The maximum Gasteiger partial charge on any atom is 0.196 e. The van der Waals surface area contributed by atoms with Crippen LogP contribution in [-0.2, 0) is 0 Å². The summed E-state index contributed by atoms with van der Waals surface area (Å²) in [5.74, 6) is 0. The Morgan fingerprint density at radius 3 is 2.81 bits per heavy atom. The fourth-order valence-electron chi connectivity index (χ4n) is 1.89. The van der Waals surface area contributed by atoms with Crippen LogP contribution in [0.1, 0.15) is 11.1 Å². The Kier molecular flexibility index (Phi) is 5.51. The zero-order valence-corrected chi connectivity index (χ0v) is 12.9. The molecule has 109 valence electrons. The van der Waals surface area contributed by atoms with Crippen molar-refractivity contribution < 1.29 is 4.39 Å². The molecule has 2 rings (SSSR count). The highest BCUT2D eigenvalue weighted by molar-refractivity contribution is 6.33. The van der Waals surface area contributed by atoms with E-state index < -0.39 is 0 Å². The highest BCUT2D eigenvalue weighted by Gasteiger charge is 2.10. The van der Waals surface area contributed by atoms with E-state index in [1.54, 1.807) is 12.3 Å². The molecule has 1 aliphatic carbocycles. The second-order valence-electron chi connectivity index (χ2n) is 4.96. The topological polar surface area (TPSA) is 15.6 Å². The van der Waals surface area contributed by atoms with Gasteiger partial charge in [0.05, 0.1) is 6.54 Å². The van der Waals surface area contributed by atoms with Gasteiger partial charge in [-0.1, -0.05) is 23.7 Å². The molecule has 4 heteroatoms. The van der Waals surface area contributed by atoms with E-state index >= 15 is 0 Å². The summed E-state index contributed by atoms with van der Waals surface area (Å²) in [6.45, 7) is 1.57. The second-order valence-corrected chi connectivity index (χ2v) is 5.37. The van der Waals surface area contributed by atoms with Gasteiger partial charge in [-0.05, 0) is 37.9 Å². The lowest BCUT2D eigenvalue weighted by Crippen LogP contribution is -2.15. The Morgan fingerprint density at radius 2 is 2.14 bits per heavy atom. The van der Waals surface area contributed by atoms with Crippen molar-refractivity contribution >= 4 is 23.4 Å². The molecule has 0 spiro atoms. The number of aliphatic imine (C=N–C) groups is 1. The smallest absolute Gasteiger partial charge is 0.196 e. The number of benzene rings is 1. The lowest BCUT2D eigenvalue weighted by atomic mass is 9.98. The third-order valence-electron chi connectivity index (χ3n) is 3.01. The molecule has 0 amide bonds. The first-order valence-electron chi connectivity index (χ1n) is 6.68. The van der Waals surface area contributed by atoms with Crippen molar-refractivity contribution in [3.8, 4) is 0 Å². The molecule has 2 nitrogen and oxygen atoms in total. The van der Waals surface area contributed by atoms with Crippen molar-refractivity contribution in [2.75, 3.05) is 27.2 Å². The van der Waals surface area contributed by atoms with Gasteiger partial charge in [0.2, 0.25) is 0 Å². The molecule has 1 aliphatic rings. The summed E-state index contributed by atoms with van der Waals surface area (Å²) in [6, 6.07) is 5.62. The number of hydrogen-bond acceptors (Lipinski definition) is 2. The Bertz CT molecular complexity index is 626. The average Bonchev–Trinajstić information content (AvgIpc) is 2.45. The summed E-state index contributed by atoms with van der Waals surface area (Å²) in [7, 11) is 4.01. The Balaban J connectivity index is 2.29. The van der Waals surface area contributed by atoms with Crippen molar-refractivity contribution in [2.24, 2.45) is 4.99 Å². The summed E-state index contributed by atoms with van der Waals surface area (Å²) in [5.41, 5.74) is 5.46. The first-order valence-corrected chi connectivity index (χ1v) is 7.06. The van der Waals surface area contributed by atoms with Crippen LogP contribution in [0.5, 0.6) is 0 Å². The maximum absolute atomic E-state index is 13.0. The minimum atomic E-state index is -0.304. The number of halogens is 2. The van der Waals surface area contributed by atoms with E-state index in [1.165, 1.54) is 12.2 Å². The van der Waals surface area contributed by atoms with E-state index in [1.807, 2.05) is 32.3 Å². The van der Waals surface area contributed by atoms with Gasteiger partial charge < -0.3 is 4.90 Å². The number of likely N-dealkylation sites (N-methyl/N-ethyl adjacent to an activating group) is 1. The van der Waals surface area contributed by atoms with E-state index in [9.17, 15) is 4.39 Å². The molecule has 0 heterocycles. The third kappa shape index (κ3) is 4.40. The van der Waals surface area contributed by atoms with E-state index in [2.05, 4.69) is 15.6 Å². The number of nitrogens with zero attached hydrogens (tertiary/aromatic N) is 2. The van der Waals surface area contributed by atoms with Crippen LogP contribution in [0.2, 0.25) is 5.02 Å². The summed E-state index contributed by atoms with van der Waals surface area (Å²) in [6.07, 6.45) is 5.90. The van der Waals surface area contributed by atoms with Gasteiger partial charge in [0, 0.05) is 35.0 Å². The summed E-state index contributed by atoms with van der Waals surface area (Å²) in [4.78, 5) is 6.48. The van der Waals surface area contributed by atoms with Crippen LogP contribution in [0.3, 0.4) is 0 Å². The SMILES string of the molecule is CN(C)CCN=Cc1c(Cl)cccc1C1=C=C[C](F)C=C1. The number of allylic oxidation sites excluding steroid dienone is 3. The minimum absolute atomic E-state index is 0.304. The summed E-state index contributed by atoms with van der Waals surface area (Å²) in [5, 5.41) is 0.624. The molecule has 1 aromatic rings. The van der Waals surface area contributed by atoms with Gasteiger partial charge in [-0.25, -0.2) is 4.39 Å². The first-order chi connectivity index (χ1) is 10.1. The van der Waals surface area contributed by atoms with Gasteiger partial charge in [0.15, 0.2) is 6.17 Å². The van der Waals surface area contributed by atoms with Crippen molar-refractivity contribution in [2.45, 2.75) is 0 Å². The molecule has 0 bridgehead atoms. The van der Waals surface area contributed by atoms with Crippen LogP contribution in [-0.4, -0.2) is 38.3 Å².